The van der Waals surface area contributed by atoms with Gasteiger partial charge in [-0.2, -0.15) is 5.26 Å². The second-order valence-corrected chi connectivity index (χ2v) is 3.19. The van der Waals surface area contributed by atoms with Crippen LogP contribution >= 0.6 is 0 Å². The highest BCUT2D eigenvalue weighted by Gasteiger charge is 2.26. The summed E-state index contributed by atoms with van der Waals surface area (Å²) < 4.78 is 4.57. The van der Waals surface area contributed by atoms with Crippen molar-refractivity contribution in [2.45, 2.75) is 12.5 Å². The van der Waals surface area contributed by atoms with E-state index in [1.165, 1.54) is 7.11 Å². The van der Waals surface area contributed by atoms with Crippen molar-refractivity contribution < 1.29 is 9.53 Å². The molecule has 0 aromatic heterocycles. The molecule has 14 heavy (non-hydrogen) atoms. The Hall–Kier alpha value is -1.12. The summed E-state index contributed by atoms with van der Waals surface area (Å²) in [6.07, 6.45) is 0.954. The summed E-state index contributed by atoms with van der Waals surface area (Å²) in [4.78, 5) is 13.1. The van der Waals surface area contributed by atoms with Gasteiger partial charge in [-0.3, -0.25) is 4.90 Å². The number of nitrogens with one attached hydrogen (secondary N) is 1. The second-order valence-electron chi connectivity index (χ2n) is 3.19. The third kappa shape index (κ3) is 2.69. The van der Waals surface area contributed by atoms with Gasteiger partial charge >= 0.3 is 5.97 Å². The first-order valence-electron chi connectivity index (χ1n) is 4.72. The van der Waals surface area contributed by atoms with Crippen molar-refractivity contribution in [3.05, 3.63) is 0 Å². The average Bonchev–Trinajstić information content (AvgIpc) is 2.47. The fraction of sp³-hybridized carbons (Fsp3) is 0.778. The lowest BCUT2D eigenvalue weighted by Gasteiger charge is -2.22. The Morgan fingerprint density at radius 1 is 1.57 bits per heavy atom. The number of methoxy groups -OCH3 is 1. The van der Waals surface area contributed by atoms with Gasteiger partial charge in [-0.1, -0.05) is 0 Å². The van der Waals surface area contributed by atoms with Gasteiger partial charge in [-0.15, -0.1) is 0 Å². The Kier molecular flexibility index (Phi) is 4.36. The molecule has 1 rings (SSSR count). The van der Waals surface area contributed by atoms with Crippen LogP contribution in [0.5, 0.6) is 0 Å². The molecule has 1 atom stereocenters. The number of hydrogen-bond acceptors (Lipinski definition) is 5. The fourth-order valence-electron chi connectivity index (χ4n) is 1.52. The van der Waals surface area contributed by atoms with Gasteiger partial charge in [-0.05, 0) is 13.0 Å². The molecule has 0 radical (unpaired) electrons. The van der Waals surface area contributed by atoms with Gasteiger partial charge in [0, 0.05) is 19.6 Å². The maximum absolute atomic E-state index is 11.2. The monoisotopic (exact) mass is 197 g/mol. The second kappa shape index (κ2) is 5.58. The van der Waals surface area contributed by atoms with Crippen LogP contribution in [0.15, 0.2) is 0 Å². The smallest absolute Gasteiger partial charge is 0.337 e. The SMILES string of the molecule is COC(=O)C(C#N)N1CCCNCC1. The van der Waals surface area contributed by atoms with E-state index in [0.29, 0.717) is 6.54 Å². The van der Waals surface area contributed by atoms with E-state index in [4.69, 9.17) is 5.26 Å². The van der Waals surface area contributed by atoms with Crippen LogP contribution in [0.25, 0.3) is 0 Å². The Morgan fingerprint density at radius 2 is 2.36 bits per heavy atom. The molecule has 78 valence electrons. The van der Waals surface area contributed by atoms with Crippen LogP contribution in [0.3, 0.4) is 0 Å². The van der Waals surface area contributed by atoms with E-state index in [9.17, 15) is 4.79 Å². The van der Waals surface area contributed by atoms with Gasteiger partial charge in [0.2, 0.25) is 0 Å². The van der Waals surface area contributed by atoms with E-state index in [0.717, 1.165) is 26.1 Å². The number of nitrogens with zero attached hydrogens (tertiary/aromatic N) is 2. The minimum Gasteiger partial charge on any atom is -0.467 e. The normalized spacial score (nSPS) is 20.6. The van der Waals surface area contributed by atoms with E-state index in [1.54, 1.807) is 0 Å². The van der Waals surface area contributed by atoms with Crippen molar-refractivity contribution in [3.8, 4) is 6.07 Å². The zero-order chi connectivity index (χ0) is 10.4. The molecule has 1 N–H and O–H groups in total. The average molecular weight is 197 g/mol. The molecule has 1 heterocycles. The van der Waals surface area contributed by atoms with Gasteiger partial charge in [0.15, 0.2) is 6.04 Å². The van der Waals surface area contributed by atoms with E-state index in [1.807, 2.05) is 11.0 Å². The lowest BCUT2D eigenvalue weighted by molar-refractivity contribution is -0.144. The first-order chi connectivity index (χ1) is 6.79. The van der Waals surface area contributed by atoms with E-state index in [2.05, 4.69) is 10.1 Å². The van der Waals surface area contributed by atoms with Crippen LogP contribution < -0.4 is 5.32 Å². The molecule has 0 spiro atoms. The number of ether oxygens (including phenoxy) is 1. The predicted octanol–water partition coefficient (Wildman–Crippen LogP) is -0.653. The summed E-state index contributed by atoms with van der Waals surface area (Å²) in [6.45, 7) is 3.23. The third-order valence-corrected chi connectivity index (χ3v) is 2.29. The molecule has 1 aliphatic heterocycles. The van der Waals surface area contributed by atoms with Crippen molar-refractivity contribution >= 4 is 5.97 Å². The lowest BCUT2D eigenvalue weighted by atomic mass is 10.2. The van der Waals surface area contributed by atoms with Crippen molar-refractivity contribution in [1.82, 2.24) is 10.2 Å². The zero-order valence-electron chi connectivity index (χ0n) is 8.32. The summed E-state index contributed by atoms with van der Waals surface area (Å²) in [6, 6.07) is 1.22. The maximum Gasteiger partial charge on any atom is 0.337 e. The van der Waals surface area contributed by atoms with Crippen LogP contribution in [0.4, 0.5) is 0 Å². The molecule has 0 saturated carbocycles. The predicted molar refractivity (Wildman–Crippen MR) is 50.5 cm³/mol. The Balaban J connectivity index is 2.58. The topological polar surface area (TPSA) is 65.4 Å². The van der Waals surface area contributed by atoms with E-state index < -0.39 is 12.0 Å². The van der Waals surface area contributed by atoms with Gasteiger partial charge in [0.05, 0.1) is 13.2 Å². The number of rotatable bonds is 2. The summed E-state index contributed by atoms with van der Waals surface area (Å²) in [7, 11) is 1.31. The number of hydrogen-bond donors (Lipinski definition) is 1. The van der Waals surface area contributed by atoms with Crippen LogP contribution in [-0.4, -0.2) is 50.2 Å². The van der Waals surface area contributed by atoms with Crippen molar-refractivity contribution in [1.29, 1.82) is 5.26 Å². The van der Waals surface area contributed by atoms with Gasteiger partial charge in [0.1, 0.15) is 0 Å². The standard InChI is InChI=1S/C9H15N3O2/c1-14-9(13)8(7-10)12-5-2-3-11-4-6-12/h8,11H,2-6H2,1H3. The lowest BCUT2D eigenvalue weighted by Crippen LogP contribution is -2.42. The quantitative estimate of drug-likeness (QED) is 0.596. The molecule has 0 aliphatic carbocycles. The van der Waals surface area contributed by atoms with E-state index in [-0.39, 0.29) is 0 Å². The summed E-state index contributed by atoms with van der Waals surface area (Å²) in [5, 5.41) is 12.1. The molecule has 0 aromatic rings. The molecule has 0 bridgehead atoms. The minimum absolute atomic E-state index is 0.464. The molecule has 1 saturated heterocycles. The first kappa shape index (κ1) is 11.0. The Morgan fingerprint density at radius 3 is 3.00 bits per heavy atom. The van der Waals surface area contributed by atoms with Crippen LogP contribution in [-0.2, 0) is 9.53 Å². The van der Waals surface area contributed by atoms with E-state index >= 15 is 0 Å². The molecule has 1 aliphatic rings. The minimum atomic E-state index is -0.750. The highest BCUT2D eigenvalue weighted by Crippen LogP contribution is 2.03. The molecular formula is C9H15N3O2. The van der Waals surface area contributed by atoms with Crippen LogP contribution in [0.2, 0.25) is 0 Å². The van der Waals surface area contributed by atoms with Crippen LogP contribution in [0.1, 0.15) is 6.42 Å². The largest absolute Gasteiger partial charge is 0.467 e. The first-order valence-corrected chi connectivity index (χ1v) is 4.72. The fourth-order valence-corrected chi connectivity index (χ4v) is 1.52. The van der Waals surface area contributed by atoms with Crippen molar-refractivity contribution in [3.63, 3.8) is 0 Å². The van der Waals surface area contributed by atoms with Crippen LogP contribution in [0, 0.1) is 11.3 Å². The zero-order valence-corrected chi connectivity index (χ0v) is 8.32. The van der Waals surface area contributed by atoms with Crippen molar-refractivity contribution in [2.75, 3.05) is 33.3 Å². The highest BCUT2D eigenvalue weighted by atomic mass is 16.5. The molecule has 0 aromatic carbocycles. The number of carbonyl (C=O) groups is 1. The Bertz CT molecular complexity index is 229. The summed E-state index contributed by atoms with van der Waals surface area (Å²) in [5.74, 6) is -0.464. The van der Waals surface area contributed by atoms with Gasteiger partial charge < -0.3 is 10.1 Å². The maximum atomic E-state index is 11.2. The summed E-state index contributed by atoms with van der Waals surface area (Å²) in [5.41, 5.74) is 0. The van der Waals surface area contributed by atoms with Crippen molar-refractivity contribution in [2.24, 2.45) is 0 Å². The Labute approximate surface area is 83.6 Å². The molecular weight excluding hydrogens is 182 g/mol. The molecule has 5 nitrogen and oxygen atoms in total. The molecule has 1 unspecified atom stereocenters. The summed E-state index contributed by atoms with van der Waals surface area (Å²) >= 11 is 0. The number of nitriles is 1. The third-order valence-electron chi connectivity index (χ3n) is 2.29. The van der Waals surface area contributed by atoms with Gasteiger partial charge in [-0.25, -0.2) is 4.79 Å². The number of esters is 1. The molecule has 1 fully saturated rings. The molecule has 5 heteroatoms. The molecule has 0 amide bonds. The highest BCUT2D eigenvalue weighted by molar-refractivity contribution is 5.78. The van der Waals surface area contributed by atoms with Gasteiger partial charge in [0.25, 0.3) is 0 Å². The number of carbonyl (C=O) groups excluding carboxylic acids is 1.